The molecule has 2 aromatic heterocycles. The lowest BCUT2D eigenvalue weighted by molar-refractivity contribution is -0.0549. The Morgan fingerprint density at radius 3 is 2.61 bits per heavy atom. The number of hydrogen-bond acceptors (Lipinski definition) is 8. The van der Waals surface area contributed by atoms with Crippen molar-refractivity contribution in [2.45, 2.75) is 24.5 Å². The van der Waals surface area contributed by atoms with Gasteiger partial charge in [-0.25, -0.2) is 4.79 Å². The van der Waals surface area contributed by atoms with Gasteiger partial charge in [-0.05, 0) is 0 Å². The number of nitrogens with zero attached hydrogens (tertiary/aromatic N) is 4. The fourth-order valence-corrected chi connectivity index (χ4v) is 2.44. The fraction of sp³-hybridized carbons (Fsp3) is 0.500. The van der Waals surface area contributed by atoms with E-state index in [0.717, 1.165) is 4.57 Å². The van der Waals surface area contributed by atoms with Gasteiger partial charge in [0.2, 0.25) is 0 Å². The SMILES string of the molecule is Cn1cc(-c2cn([C@@H]3O[C@H](CO)C(O)[C@@H]3O)c(=O)[nH]c2=O)nn1. The van der Waals surface area contributed by atoms with Crippen molar-refractivity contribution >= 4 is 0 Å². The van der Waals surface area contributed by atoms with Crippen LogP contribution in [0.4, 0.5) is 0 Å². The number of aliphatic hydroxyl groups excluding tert-OH is 3. The summed E-state index contributed by atoms with van der Waals surface area (Å²) in [5.41, 5.74) is -1.21. The molecule has 23 heavy (non-hydrogen) atoms. The molecule has 11 nitrogen and oxygen atoms in total. The normalized spacial score (nSPS) is 27.5. The van der Waals surface area contributed by atoms with Crippen molar-refractivity contribution < 1.29 is 20.1 Å². The molecule has 0 amide bonds. The standard InChI is InChI=1S/C12H15N5O6/c1-16-3-6(14-15-16)5-2-17(12(22)13-10(5)21)11-9(20)8(19)7(4-18)23-11/h2-3,7-9,11,18-20H,4H2,1H3,(H,13,21,22)/t7-,8?,9+,11-/m1/s1. The number of hydrogen-bond donors (Lipinski definition) is 4. The highest BCUT2D eigenvalue weighted by atomic mass is 16.6. The van der Waals surface area contributed by atoms with Crippen LogP contribution < -0.4 is 11.2 Å². The number of aryl methyl sites for hydroxylation is 1. The second kappa shape index (κ2) is 5.70. The molecule has 1 aliphatic rings. The Bertz CT molecular complexity index is 826. The van der Waals surface area contributed by atoms with Gasteiger partial charge in [-0.3, -0.25) is 19.0 Å². The Kier molecular flexibility index (Phi) is 3.85. The summed E-state index contributed by atoms with van der Waals surface area (Å²) in [7, 11) is 1.62. The van der Waals surface area contributed by atoms with Gasteiger partial charge in [-0.2, -0.15) is 0 Å². The molecule has 3 rings (SSSR count). The zero-order valence-corrected chi connectivity index (χ0v) is 12.0. The van der Waals surface area contributed by atoms with Crippen molar-refractivity contribution in [2.24, 2.45) is 7.05 Å². The first kappa shape index (κ1) is 15.6. The van der Waals surface area contributed by atoms with Gasteiger partial charge in [0.25, 0.3) is 5.56 Å². The molecule has 0 bridgehead atoms. The van der Waals surface area contributed by atoms with Crippen LogP contribution in [-0.2, 0) is 11.8 Å². The van der Waals surface area contributed by atoms with Crippen LogP contribution in [0.25, 0.3) is 11.3 Å². The highest BCUT2D eigenvalue weighted by molar-refractivity contribution is 5.54. The first-order chi connectivity index (χ1) is 10.9. The molecule has 1 saturated heterocycles. The molecule has 4 N–H and O–H groups in total. The highest BCUT2D eigenvalue weighted by Gasteiger charge is 2.43. The molecular weight excluding hydrogens is 310 g/mol. The lowest BCUT2D eigenvalue weighted by Gasteiger charge is -2.17. The molecule has 4 atom stereocenters. The maximum atomic E-state index is 12.0. The quantitative estimate of drug-likeness (QED) is 0.463. The molecule has 0 aromatic carbocycles. The van der Waals surface area contributed by atoms with Crippen LogP contribution in [0.1, 0.15) is 6.23 Å². The van der Waals surface area contributed by atoms with Crippen molar-refractivity contribution in [1.29, 1.82) is 0 Å². The predicted octanol–water partition coefficient (Wildman–Crippen LogP) is -3.06. The van der Waals surface area contributed by atoms with E-state index < -0.39 is 42.4 Å². The Labute approximate surface area is 128 Å². The maximum Gasteiger partial charge on any atom is 0.330 e. The molecule has 2 aromatic rings. The number of ether oxygens (including phenoxy) is 1. The summed E-state index contributed by atoms with van der Waals surface area (Å²) in [5, 5.41) is 36.4. The number of nitrogens with one attached hydrogen (secondary N) is 1. The van der Waals surface area contributed by atoms with E-state index in [1.807, 2.05) is 0 Å². The third kappa shape index (κ3) is 2.59. The summed E-state index contributed by atoms with van der Waals surface area (Å²) in [6, 6.07) is 0. The van der Waals surface area contributed by atoms with Gasteiger partial charge < -0.3 is 20.1 Å². The summed E-state index contributed by atoms with van der Waals surface area (Å²) in [6.45, 7) is -0.524. The van der Waals surface area contributed by atoms with E-state index in [0.29, 0.717) is 0 Å². The van der Waals surface area contributed by atoms with E-state index in [-0.39, 0.29) is 11.3 Å². The molecule has 1 unspecified atom stereocenters. The van der Waals surface area contributed by atoms with Gasteiger partial charge in [0.1, 0.15) is 24.0 Å². The van der Waals surface area contributed by atoms with E-state index in [2.05, 4.69) is 15.3 Å². The van der Waals surface area contributed by atoms with Crippen LogP contribution in [0.3, 0.4) is 0 Å². The summed E-state index contributed by atoms with van der Waals surface area (Å²) >= 11 is 0. The molecule has 124 valence electrons. The zero-order chi connectivity index (χ0) is 16.7. The van der Waals surface area contributed by atoms with Gasteiger partial charge in [0.15, 0.2) is 6.23 Å². The van der Waals surface area contributed by atoms with Crippen molar-refractivity contribution in [1.82, 2.24) is 24.5 Å². The van der Waals surface area contributed by atoms with Crippen molar-refractivity contribution in [3.05, 3.63) is 33.2 Å². The summed E-state index contributed by atoms with van der Waals surface area (Å²) < 4.78 is 7.61. The lowest BCUT2D eigenvalue weighted by Crippen LogP contribution is -2.38. The number of rotatable bonds is 3. The number of H-pyrrole nitrogens is 1. The number of aromatic nitrogens is 5. The third-order valence-corrected chi connectivity index (χ3v) is 3.64. The number of aromatic amines is 1. The van der Waals surface area contributed by atoms with Crippen LogP contribution >= 0.6 is 0 Å². The molecule has 0 spiro atoms. The molecule has 0 aliphatic carbocycles. The minimum Gasteiger partial charge on any atom is -0.394 e. The maximum absolute atomic E-state index is 12.0. The van der Waals surface area contributed by atoms with E-state index in [1.54, 1.807) is 7.05 Å². The zero-order valence-electron chi connectivity index (χ0n) is 12.0. The molecule has 1 aliphatic heterocycles. The van der Waals surface area contributed by atoms with E-state index in [9.17, 15) is 19.8 Å². The smallest absolute Gasteiger partial charge is 0.330 e. The second-order valence-corrected chi connectivity index (χ2v) is 5.22. The highest BCUT2D eigenvalue weighted by Crippen LogP contribution is 2.28. The lowest BCUT2D eigenvalue weighted by atomic mass is 10.1. The largest absolute Gasteiger partial charge is 0.394 e. The van der Waals surface area contributed by atoms with E-state index in [1.165, 1.54) is 17.1 Å². The molecule has 1 fully saturated rings. The molecule has 3 heterocycles. The minimum absolute atomic E-state index is 0.0513. The molecule has 0 saturated carbocycles. The van der Waals surface area contributed by atoms with Crippen LogP contribution in [-0.4, -0.2) is 64.8 Å². The van der Waals surface area contributed by atoms with Crippen LogP contribution in [0.5, 0.6) is 0 Å². The monoisotopic (exact) mass is 325 g/mol. The second-order valence-electron chi connectivity index (χ2n) is 5.22. The topological polar surface area (TPSA) is 155 Å². The van der Waals surface area contributed by atoms with Gasteiger partial charge in [0.05, 0.1) is 18.4 Å². The van der Waals surface area contributed by atoms with Crippen LogP contribution in [0.15, 0.2) is 22.0 Å². The van der Waals surface area contributed by atoms with Crippen molar-refractivity contribution in [3.63, 3.8) is 0 Å². The Hall–Kier alpha value is -2.34. The van der Waals surface area contributed by atoms with Gasteiger partial charge >= 0.3 is 5.69 Å². The van der Waals surface area contributed by atoms with Crippen LogP contribution in [0.2, 0.25) is 0 Å². The van der Waals surface area contributed by atoms with Crippen molar-refractivity contribution in [3.8, 4) is 11.3 Å². The van der Waals surface area contributed by atoms with Crippen molar-refractivity contribution in [2.75, 3.05) is 6.61 Å². The summed E-state index contributed by atoms with van der Waals surface area (Å²) in [4.78, 5) is 26.0. The van der Waals surface area contributed by atoms with Crippen LogP contribution in [0, 0.1) is 0 Å². The average molecular weight is 325 g/mol. The van der Waals surface area contributed by atoms with Gasteiger partial charge in [0, 0.05) is 13.2 Å². The predicted molar refractivity (Wildman–Crippen MR) is 74.3 cm³/mol. The molecule has 0 radical (unpaired) electrons. The summed E-state index contributed by atoms with van der Waals surface area (Å²) in [5.74, 6) is 0. The average Bonchev–Trinajstić information content (AvgIpc) is 3.05. The first-order valence-electron chi connectivity index (χ1n) is 6.77. The summed E-state index contributed by atoms with van der Waals surface area (Å²) in [6.07, 6.45) is -2.42. The first-order valence-corrected chi connectivity index (χ1v) is 6.77. The van der Waals surface area contributed by atoms with E-state index in [4.69, 9.17) is 9.84 Å². The Morgan fingerprint density at radius 2 is 2.04 bits per heavy atom. The Morgan fingerprint density at radius 1 is 1.30 bits per heavy atom. The Balaban J connectivity index is 2.07. The minimum atomic E-state index is -1.44. The van der Waals surface area contributed by atoms with E-state index >= 15 is 0 Å². The fourth-order valence-electron chi connectivity index (χ4n) is 2.44. The third-order valence-electron chi connectivity index (χ3n) is 3.64. The van der Waals surface area contributed by atoms with Gasteiger partial charge in [-0.15, -0.1) is 5.10 Å². The molecular formula is C12H15N5O6. The van der Waals surface area contributed by atoms with Gasteiger partial charge in [-0.1, -0.05) is 5.21 Å². The molecule has 11 heteroatoms. The number of aliphatic hydroxyl groups is 3.